The molecule has 1 aromatic carbocycles. The number of nitrogens with zero attached hydrogens (tertiary/aromatic N) is 1. The van der Waals surface area contributed by atoms with Crippen LogP contribution in [-0.2, 0) is 16.4 Å². The second-order valence-corrected chi connectivity index (χ2v) is 7.21. The van der Waals surface area contributed by atoms with Gasteiger partial charge in [0.2, 0.25) is 0 Å². The lowest BCUT2D eigenvalue weighted by Gasteiger charge is -2.24. The standard InChI is InChI=1S/C12H17ClN2O2S/c13-11-2-3-12(10(8-11)9-14)15-4-1-6-18(16,17)7-5-15/h2-3,8H,1,4-7,9,14H2. The molecule has 18 heavy (non-hydrogen) atoms. The molecule has 1 aromatic rings. The van der Waals surface area contributed by atoms with Crippen molar-refractivity contribution in [2.75, 3.05) is 29.5 Å². The molecule has 0 bridgehead atoms. The molecule has 0 aromatic heterocycles. The van der Waals surface area contributed by atoms with E-state index >= 15 is 0 Å². The maximum Gasteiger partial charge on any atom is 0.152 e. The molecule has 100 valence electrons. The van der Waals surface area contributed by atoms with Gasteiger partial charge in [0.05, 0.1) is 11.5 Å². The Labute approximate surface area is 113 Å². The summed E-state index contributed by atoms with van der Waals surface area (Å²) in [4.78, 5) is 2.09. The molecule has 1 aliphatic rings. The third-order valence-corrected chi connectivity index (χ3v) is 5.11. The van der Waals surface area contributed by atoms with E-state index in [1.807, 2.05) is 18.2 Å². The molecule has 4 nitrogen and oxygen atoms in total. The fourth-order valence-corrected chi connectivity index (χ4v) is 3.67. The maximum atomic E-state index is 11.6. The summed E-state index contributed by atoms with van der Waals surface area (Å²) in [7, 11) is -2.89. The number of hydrogen-bond donors (Lipinski definition) is 1. The smallest absolute Gasteiger partial charge is 0.152 e. The van der Waals surface area contributed by atoms with E-state index in [1.165, 1.54) is 0 Å². The molecule has 6 heteroatoms. The van der Waals surface area contributed by atoms with Crippen LogP contribution in [0.15, 0.2) is 18.2 Å². The Morgan fingerprint density at radius 2 is 2.06 bits per heavy atom. The Balaban J connectivity index is 2.26. The summed E-state index contributed by atoms with van der Waals surface area (Å²) in [5, 5.41) is 0.654. The first-order chi connectivity index (χ1) is 8.52. The first kappa shape index (κ1) is 13.6. The number of rotatable bonds is 2. The van der Waals surface area contributed by atoms with E-state index in [0.29, 0.717) is 24.5 Å². The minimum absolute atomic E-state index is 0.208. The van der Waals surface area contributed by atoms with Gasteiger partial charge in [0.15, 0.2) is 9.84 Å². The summed E-state index contributed by atoms with van der Waals surface area (Å²) in [5.41, 5.74) is 7.67. The summed E-state index contributed by atoms with van der Waals surface area (Å²) in [6.45, 7) is 1.67. The normalized spacial score (nSPS) is 19.6. The van der Waals surface area contributed by atoms with Crippen LogP contribution in [0.4, 0.5) is 5.69 Å². The molecule has 1 saturated heterocycles. The van der Waals surface area contributed by atoms with Crippen LogP contribution < -0.4 is 10.6 Å². The number of halogens is 1. The average Bonchev–Trinajstić information content (AvgIpc) is 2.50. The van der Waals surface area contributed by atoms with Gasteiger partial charge in [-0.2, -0.15) is 0 Å². The van der Waals surface area contributed by atoms with Crippen molar-refractivity contribution in [1.29, 1.82) is 0 Å². The number of benzene rings is 1. The highest BCUT2D eigenvalue weighted by atomic mass is 35.5. The van der Waals surface area contributed by atoms with Gasteiger partial charge in [-0.25, -0.2) is 8.42 Å². The first-order valence-electron chi connectivity index (χ1n) is 5.96. The fourth-order valence-electron chi connectivity index (χ4n) is 2.21. The molecule has 2 N–H and O–H groups in total. The highest BCUT2D eigenvalue weighted by Gasteiger charge is 2.20. The van der Waals surface area contributed by atoms with Crippen LogP contribution in [0.5, 0.6) is 0 Å². The summed E-state index contributed by atoms with van der Waals surface area (Å²) in [5.74, 6) is 0.481. The zero-order valence-corrected chi connectivity index (χ0v) is 11.7. The summed E-state index contributed by atoms with van der Waals surface area (Å²) < 4.78 is 23.2. The zero-order valence-electron chi connectivity index (χ0n) is 10.1. The fraction of sp³-hybridized carbons (Fsp3) is 0.500. The Kier molecular flexibility index (Phi) is 4.14. The third-order valence-electron chi connectivity index (χ3n) is 3.16. The molecule has 0 amide bonds. The molecule has 1 fully saturated rings. The Bertz CT molecular complexity index is 531. The minimum atomic E-state index is -2.89. The summed E-state index contributed by atoms with van der Waals surface area (Å²) in [6, 6.07) is 5.58. The van der Waals surface area contributed by atoms with Crippen molar-refractivity contribution < 1.29 is 8.42 Å². The lowest BCUT2D eigenvalue weighted by molar-refractivity contribution is 0.597. The van der Waals surface area contributed by atoms with Crippen LogP contribution in [0.3, 0.4) is 0 Å². The van der Waals surface area contributed by atoms with Crippen molar-refractivity contribution >= 4 is 27.1 Å². The molecule has 1 aliphatic heterocycles. The van der Waals surface area contributed by atoms with Gasteiger partial charge in [-0.1, -0.05) is 11.6 Å². The summed E-state index contributed by atoms with van der Waals surface area (Å²) >= 11 is 5.94. The lowest BCUT2D eigenvalue weighted by Crippen LogP contribution is -2.28. The molecule has 0 atom stereocenters. The van der Waals surface area contributed by atoms with Gasteiger partial charge in [0.25, 0.3) is 0 Å². The van der Waals surface area contributed by atoms with Gasteiger partial charge in [0, 0.05) is 30.3 Å². The molecule has 1 heterocycles. The van der Waals surface area contributed by atoms with Crippen molar-refractivity contribution in [2.45, 2.75) is 13.0 Å². The van der Waals surface area contributed by atoms with E-state index in [0.717, 1.165) is 17.8 Å². The van der Waals surface area contributed by atoms with E-state index in [2.05, 4.69) is 4.90 Å². The van der Waals surface area contributed by atoms with Gasteiger partial charge in [-0.3, -0.25) is 0 Å². The van der Waals surface area contributed by atoms with Crippen LogP contribution in [-0.4, -0.2) is 33.0 Å². The van der Waals surface area contributed by atoms with E-state index < -0.39 is 9.84 Å². The highest BCUT2D eigenvalue weighted by Crippen LogP contribution is 2.25. The molecule has 0 saturated carbocycles. The van der Waals surface area contributed by atoms with E-state index in [4.69, 9.17) is 17.3 Å². The molecule has 2 rings (SSSR count). The van der Waals surface area contributed by atoms with Gasteiger partial charge < -0.3 is 10.6 Å². The number of nitrogens with two attached hydrogens (primary N) is 1. The van der Waals surface area contributed by atoms with Gasteiger partial charge >= 0.3 is 0 Å². The molecule has 0 radical (unpaired) electrons. The third kappa shape index (κ3) is 3.16. The van der Waals surface area contributed by atoms with Crippen molar-refractivity contribution in [3.63, 3.8) is 0 Å². The largest absolute Gasteiger partial charge is 0.370 e. The number of anilines is 1. The van der Waals surface area contributed by atoms with Crippen LogP contribution in [0.2, 0.25) is 5.02 Å². The number of hydrogen-bond acceptors (Lipinski definition) is 4. The van der Waals surface area contributed by atoms with E-state index in [9.17, 15) is 8.42 Å². The van der Waals surface area contributed by atoms with Crippen molar-refractivity contribution in [3.8, 4) is 0 Å². The van der Waals surface area contributed by atoms with Crippen molar-refractivity contribution in [2.24, 2.45) is 5.73 Å². The molecular formula is C12H17ClN2O2S. The zero-order chi connectivity index (χ0) is 13.2. The topological polar surface area (TPSA) is 63.4 Å². The summed E-state index contributed by atoms with van der Waals surface area (Å²) in [6.07, 6.45) is 0.662. The molecule has 0 unspecified atom stereocenters. The van der Waals surface area contributed by atoms with E-state index in [1.54, 1.807) is 0 Å². The Morgan fingerprint density at radius 3 is 2.78 bits per heavy atom. The molecule has 0 spiro atoms. The van der Waals surface area contributed by atoms with Crippen LogP contribution in [0, 0.1) is 0 Å². The predicted molar refractivity (Wildman–Crippen MR) is 74.8 cm³/mol. The Hall–Kier alpha value is -0.780. The van der Waals surface area contributed by atoms with Crippen LogP contribution in [0.25, 0.3) is 0 Å². The monoisotopic (exact) mass is 288 g/mol. The average molecular weight is 289 g/mol. The SMILES string of the molecule is NCc1cc(Cl)ccc1N1CCCS(=O)(=O)CC1. The first-order valence-corrected chi connectivity index (χ1v) is 8.15. The van der Waals surface area contributed by atoms with Gasteiger partial charge in [-0.05, 0) is 30.2 Å². The van der Waals surface area contributed by atoms with Gasteiger partial charge in [0.1, 0.15) is 0 Å². The second-order valence-electron chi connectivity index (χ2n) is 4.47. The van der Waals surface area contributed by atoms with Gasteiger partial charge in [-0.15, -0.1) is 0 Å². The highest BCUT2D eigenvalue weighted by molar-refractivity contribution is 7.91. The van der Waals surface area contributed by atoms with Crippen LogP contribution in [0.1, 0.15) is 12.0 Å². The quantitative estimate of drug-likeness (QED) is 0.894. The Morgan fingerprint density at radius 1 is 1.28 bits per heavy atom. The maximum absolute atomic E-state index is 11.6. The van der Waals surface area contributed by atoms with Crippen molar-refractivity contribution in [1.82, 2.24) is 0 Å². The van der Waals surface area contributed by atoms with Crippen molar-refractivity contribution in [3.05, 3.63) is 28.8 Å². The molecular weight excluding hydrogens is 272 g/mol. The molecule has 0 aliphatic carbocycles. The van der Waals surface area contributed by atoms with E-state index in [-0.39, 0.29) is 11.5 Å². The lowest BCUT2D eigenvalue weighted by atomic mass is 10.1. The second kappa shape index (κ2) is 5.47. The minimum Gasteiger partial charge on any atom is -0.370 e. The predicted octanol–water partition coefficient (Wildman–Crippen LogP) is 1.42. The number of sulfone groups is 1. The van der Waals surface area contributed by atoms with Crippen LogP contribution >= 0.6 is 11.6 Å².